The van der Waals surface area contributed by atoms with Crippen LogP contribution in [0, 0.1) is 13.8 Å². The Balaban J connectivity index is 1.09. The summed E-state index contributed by atoms with van der Waals surface area (Å²) < 4.78 is 2.05. The normalized spacial score (nSPS) is 15.9. The Hall–Kier alpha value is -5.03. The third-order valence-corrected chi connectivity index (χ3v) is 9.03. The standard InChI is InChI=1S/C34H38N10O/c1-5-42-14-12-27(13-15-42)44-21-26(18-37-44)38-33-36-17-25-20-43(34(45)41(4)32(25)40-33)30-16-24(11-10-23(30)3)31-35-19-29(39-31)28-9-7-6-8-22(28)2/h6-11,16-19,21,27H,5,12-15,20H2,1-4H3,(H,35,39)(H,36,38,40). The Morgan fingerprint density at radius 2 is 1.82 bits per heavy atom. The van der Waals surface area contributed by atoms with E-state index in [1.165, 1.54) is 5.56 Å². The molecule has 0 bridgehead atoms. The lowest BCUT2D eigenvalue weighted by molar-refractivity contribution is 0.187. The van der Waals surface area contributed by atoms with Crippen LogP contribution in [0.25, 0.3) is 22.6 Å². The molecular weight excluding hydrogens is 564 g/mol. The number of carbonyl (C=O) groups is 1. The fourth-order valence-electron chi connectivity index (χ4n) is 6.32. The molecule has 1 saturated heterocycles. The molecule has 3 aromatic heterocycles. The summed E-state index contributed by atoms with van der Waals surface area (Å²) in [6.07, 6.45) is 9.66. The molecule has 0 aliphatic carbocycles. The minimum Gasteiger partial charge on any atom is -0.338 e. The highest BCUT2D eigenvalue weighted by Crippen LogP contribution is 2.35. The van der Waals surface area contributed by atoms with E-state index in [1.54, 1.807) is 23.0 Å². The predicted octanol–water partition coefficient (Wildman–Crippen LogP) is 6.32. The van der Waals surface area contributed by atoms with Crippen molar-refractivity contribution in [3.63, 3.8) is 0 Å². The molecule has 230 valence electrons. The molecule has 11 heteroatoms. The molecule has 5 heterocycles. The van der Waals surface area contributed by atoms with E-state index >= 15 is 0 Å². The van der Waals surface area contributed by atoms with Crippen LogP contribution in [0.15, 0.2) is 67.3 Å². The Morgan fingerprint density at radius 1 is 1.00 bits per heavy atom. The Bertz CT molecular complexity index is 1850. The van der Waals surface area contributed by atoms with Gasteiger partial charge in [-0.05, 0) is 50.4 Å². The number of fused-ring (bicyclic) bond motifs is 1. The van der Waals surface area contributed by atoms with Crippen molar-refractivity contribution in [3.05, 3.63) is 83.9 Å². The summed E-state index contributed by atoms with van der Waals surface area (Å²) in [6, 6.07) is 14.5. The van der Waals surface area contributed by atoms with E-state index in [0.29, 0.717) is 24.4 Å². The molecule has 11 nitrogen and oxygen atoms in total. The van der Waals surface area contributed by atoms with Crippen molar-refractivity contribution < 1.29 is 4.79 Å². The monoisotopic (exact) mass is 602 g/mol. The van der Waals surface area contributed by atoms with Crippen molar-refractivity contribution >= 4 is 29.2 Å². The number of amides is 2. The number of aromatic amines is 1. The number of aryl methyl sites for hydroxylation is 2. The zero-order valence-electron chi connectivity index (χ0n) is 26.2. The molecule has 0 radical (unpaired) electrons. The van der Waals surface area contributed by atoms with Gasteiger partial charge in [-0.1, -0.05) is 43.3 Å². The number of anilines is 4. The maximum absolute atomic E-state index is 13.7. The zero-order valence-corrected chi connectivity index (χ0v) is 26.2. The van der Waals surface area contributed by atoms with Crippen molar-refractivity contribution in [2.45, 2.75) is 46.2 Å². The molecule has 5 aromatic rings. The van der Waals surface area contributed by atoms with Gasteiger partial charge in [0.25, 0.3) is 0 Å². The number of piperidine rings is 1. The lowest BCUT2D eigenvalue weighted by atomic mass is 10.1. The number of aromatic nitrogens is 6. The van der Waals surface area contributed by atoms with Crippen LogP contribution in [0.1, 0.15) is 42.5 Å². The van der Waals surface area contributed by atoms with Gasteiger partial charge in [-0.25, -0.2) is 14.8 Å². The molecule has 2 aromatic carbocycles. The van der Waals surface area contributed by atoms with Gasteiger partial charge in [0.2, 0.25) is 5.95 Å². The van der Waals surface area contributed by atoms with Crippen LogP contribution in [-0.4, -0.2) is 67.3 Å². The molecule has 2 aliphatic rings. The van der Waals surface area contributed by atoms with Gasteiger partial charge in [0.15, 0.2) is 0 Å². The fourth-order valence-corrected chi connectivity index (χ4v) is 6.32. The number of nitrogens with zero attached hydrogens (tertiary/aromatic N) is 8. The van der Waals surface area contributed by atoms with E-state index in [9.17, 15) is 4.79 Å². The maximum Gasteiger partial charge on any atom is 0.330 e. The van der Waals surface area contributed by atoms with E-state index in [4.69, 9.17) is 4.98 Å². The molecular formula is C34H38N10O. The van der Waals surface area contributed by atoms with Gasteiger partial charge >= 0.3 is 6.03 Å². The summed E-state index contributed by atoms with van der Waals surface area (Å²) >= 11 is 0. The van der Waals surface area contributed by atoms with Crippen LogP contribution in [0.4, 0.5) is 27.9 Å². The Kier molecular flexibility index (Phi) is 7.54. The topological polar surface area (TPSA) is 111 Å². The highest BCUT2D eigenvalue weighted by Gasteiger charge is 2.32. The summed E-state index contributed by atoms with van der Waals surface area (Å²) in [4.78, 5) is 37.0. The summed E-state index contributed by atoms with van der Waals surface area (Å²) in [7, 11) is 1.75. The average Bonchev–Trinajstić information content (AvgIpc) is 3.74. The first-order valence-corrected chi connectivity index (χ1v) is 15.5. The first kappa shape index (κ1) is 28.7. The molecule has 0 spiro atoms. The predicted molar refractivity (Wildman–Crippen MR) is 177 cm³/mol. The van der Waals surface area contributed by atoms with Gasteiger partial charge in [-0.2, -0.15) is 10.1 Å². The van der Waals surface area contributed by atoms with Crippen LogP contribution in [0.3, 0.4) is 0 Å². The molecule has 0 saturated carbocycles. The van der Waals surface area contributed by atoms with Crippen LogP contribution in [0.5, 0.6) is 0 Å². The number of rotatable bonds is 7. The second-order valence-electron chi connectivity index (χ2n) is 11.9. The molecule has 2 aliphatic heterocycles. The number of hydrogen-bond acceptors (Lipinski definition) is 7. The van der Waals surface area contributed by atoms with Crippen LogP contribution < -0.4 is 15.1 Å². The van der Waals surface area contributed by atoms with Crippen molar-refractivity contribution in [2.24, 2.45) is 0 Å². The lowest BCUT2D eigenvalue weighted by Gasteiger charge is -2.35. The van der Waals surface area contributed by atoms with Crippen LogP contribution in [0.2, 0.25) is 0 Å². The molecule has 1 fully saturated rings. The summed E-state index contributed by atoms with van der Waals surface area (Å²) in [6.45, 7) is 9.96. The molecule has 2 amide bonds. The van der Waals surface area contributed by atoms with Gasteiger partial charge in [0, 0.05) is 54.9 Å². The second-order valence-corrected chi connectivity index (χ2v) is 11.9. The van der Waals surface area contributed by atoms with E-state index in [-0.39, 0.29) is 6.03 Å². The highest BCUT2D eigenvalue weighted by atomic mass is 16.2. The number of likely N-dealkylation sites (tertiary alicyclic amines) is 1. The van der Waals surface area contributed by atoms with E-state index in [2.05, 4.69) is 56.2 Å². The van der Waals surface area contributed by atoms with Crippen molar-refractivity contribution in [3.8, 4) is 22.6 Å². The summed E-state index contributed by atoms with van der Waals surface area (Å²) in [5.74, 6) is 1.78. The fraction of sp³-hybridized carbons (Fsp3) is 0.324. The summed E-state index contributed by atoms with van der Waals surface area (Å²) in [5, 5.41) is 7.89. The maximum atomic E-state index is 13.7. The van der Waals surface area contributed by atoms with Crippen molar-refractivity contribution in [1.29, 1.82) is 0 Å². The van der Waals surface area contributed by atoms with Gasteiger partial charge in [0.05, 0.1) is 36.4 Å². The van der Waals surface area contributed by atoms with Gasteiger partial charge in [0.1, 0.15) is 11.6 Å². The quantitative estimate of drug-likeness (QED) is 0.224. The SMILES string of the molecule is CCN1CCC(n2cc(Nc3ncc4c(n3)N(C)C(=O)N(c3cc(-c5ncc(-c6ccccc6C)[nH]5)ccc3C)C4)cn2)CC1. The average molecular weight is 603 g/mol. The molecule has 0 unspecified atom stereocenters. The van der Waals surface area contributed by atoms with E-state index < -0.39 is 0 Å². The third kappa shape index (κ3) is 5.55. The van der Waals surface area contributed by atoms with Crippen molar-refractivity contribution in [1.82, 2.24) is 34.6 Å². The summed E-state index contributed by atoms with van der Waals surface area (Å²) in [5.41, 5.74) is 7.67. The first-order valence-electron chi connectivity index (χ1n) is 15.5. The number of nitrogens with one attached hydrogen (secondary N) is 2. The number of imidazole rings is 1. The minimum atomic E-state index is -0.154. The third-order valence-electron chi connectivity index (χ3n) is 9.03. The molecule has 7 rings (SSSR count). The number of H-pyrrole nitrogens is 1. The lowest BCUT2D eigenvalue weighted by Crippen LogP contribution is -2.46. The number of hydrogen-bond donors (Lipinski definition) is 2. The zero-order chi connectivity index (χ0) is 31.1. The minimum absolute atomic E-state index is 0.154. The largest absolute Gasteiger partial charge is 0.338 e. The van der Waals surface area contributed by atoms with Crippen LogP contribution >= 0.6 is 0 Å². The van der Waals surface area contributed by atoms with E-state index in [1.807, 2.05) is 60.5 Å². The van der Waals surface area contributed by atoms with Crippen LogP contribution in [-0.2, 0) is 6.54 Å². The Labute approximate surface area is 262 Å². The van der Waals surface area contributed by atoms with Gasteiger partial charge in [-0.15, -0.1) is 0 Å². The van der Waals surface area contributed by atoms with Gasteiger partial charge in [-0.3, -0.25) is 14.5 Å². The smallest absolute Gasteiger partial charge is 0.330 e. The van der Waals surface area contributed by atoms with Gasteiger partial charge < -0.3 is 15.2 Å². The highest BCUT2D eigenvalue weighted by molar-refractivity contribution is 6.05. The second kappa shape index (κ2) is 11.8. The molecule has 0 atom stereocenters. The number of benzene rings is 2. The molecule has 2 N–H and O–H groups in total. The van der Waals surface area contributed by atoms with Crippen molar-refractivity contribution in [2.75, 3.05) is 41.8 Å². The van der Waals surface area contributed by atoms with E-state index in [0.717, 1.165) is 77.6 Å². The number of urea groups is 1. The Morgan fingerprint density at radius 3 is 2.62 bits per heavy atom. The molecule has 45 heavy (non-hydrogen) atoms. The number of carbonyl (C=O) groups excluding carboxylic acids is 1. The first-order chi connectivity index (χ1) is 21.9.